The lowest BCUT2D eigenvalue weighted by molar-refractivity contribution is 0.0987. The Hall–Kier alpha value is -1.56. The van der Waals surface area contributed by atoms with Crippen LogP contribution in [0.1, 0.15) is 22.8 Å². The molecule has 2 aromatic rings. The predicted octanol–water partition coefficient (Wildman–Crippen LogP) is 3.85. The molecule has 0 atom stereocenters. The monoisotopic (exact) mass is 380 g/mol. The van der Waals surface area contributed by atoms with E-state index in [9.17, 15) is 4.79 Å². The molecule has 0 bridgehead atoms. The predicted molar refractivity (Wildman–Crippen MR) is 92.1 cm³/mol. The molecule has 0 aromatic heterocycles. The molecule has 0 aliphatic heterocycles. The van der Waals surface area contributed by atoms with Crippen LogP contribution in [-0.2, 0) is 0 Å². The number of amides is 1. The quantitative estimate of drug-likeness (QED) is 0.650. The lowest BCUT2D eigenvalue weighted by Gasteiger charge is -2.22. The average molecular weight is 380 g/mol. The number of benzene rings is 2. The van der Waals surface area contributed by atoms with Crippen LogP contribution in [0.5, 0.6) is 0 Å². The molecule has 0 aliphatic carbocycles. The summed E-state index contributed by atoms with van der Waals surface area (Å²) in [6.45, 7) is 4.60. The fourth-order valence-corrected chi connectivity index (χ4v) is 2.65. The molecular weight excluding hydrogens is 363 g/mol. The highest BCUT2D eigenvalue weighted by atomic mass is 127. The molecule has 0 heterocycles. The van der Waals surface area contributed by atoms with Gasteiger partial charge in [0.2, 0.25) is 0 Å². The van der Waals surface area contributed by atoms with E-state index in [0.717, 1.165) is 20.4 Å². The average Bonchev–Trinajstić information content (AvgIpc) is 2.44. The van der Waals surface area contributed by atoms with Gasteiger partial charge < -0.3 is 10.6 Å². The van der Waals surface area contributed by atoms with Crippen LogP contribution in [0.3, 0.4) is 0 Å². The molecular formula is C16H17IN2O. The van der Waals surface area contributed by atoms with Gasteiger partial charge in [-0.05, 0) is 72.3 Å². The number of carbonyl (C=O) groups is 1. The van der Waals surface area contributed by atoms with Crippen LogP contribution in [0.25, 0.3) is 0 Å². The minimum atomic E-state index is 0.0189. The summed E-state index contributed by atoms with van der Waals surface area (Å²) < 4.78 is 1.00. The molecule has 3 nitrogen and oxygen atoms in total. The summed E-state index contributed by atoms with van der Waals surface area (Å²) in [5.41, 5.74) is 9.11. The Labute approximate surface area is 132 Å². The zero-order valence-corrected chi connectivity index (χ0v) is 13.7. The second-order valence-electron chi connectivity index (χ2n) is 4.58. The van der Waals surface area contributed by atoms with E-state index < -0.39 is 0 Å². The third-order valence-corrected chi connectivity index (χ3v) is 4.62. The van der Waals surface area contributed by atoms with E-state index in [2.05, 4.69) is 22.6 Å². The summed E-state index contributed by atoms with van der Waals surface area (Å²) in [4.78, 5) is 14.5. The number of hydrogen-bond acceptors (Lipinski definition) is 2. The Balaban J connectivity index is 2.39. The number of anilines is 2. The first kappa shape index (κ1) is 14.8. The highest BCUT2D eigenvalue weighted by molar-refractivity contribution is 14.1. The molecule has 0 radical (unpaired) electrons. The maximum Gasteiger partial charge on any atom is 0.259 e. The maximum absolute atomic E-state index is 12.7. The highest BCUT2D eigenvalue weighted by Crippen LogP contribution is 2.22. The van der Waals surface area contributed by atoms with Crippen molar-refractivity contribution in [1.82, 2.24) is 0 Å². The fourth-order valence-electron chi connectivity index (χ4n) is 2.06. The van der Waals surface area contributed by atoms with Gasteiger partial charge in [0.15, 0.2) is 0 Å². The van der Waals surface area contributed by atoms with Gasteiger partial charge in [0.05, 0.1) is 5.56 Å². The van der Waals surface area contributed by atoms with Crippen LogP contribution in [0, 0.1) is 10.5 Å². The first-order valence-electron chi connectivity index (χ1n) is 6.47. The van der Waals surface area contributed by atoms with E-state index in [1.165, 1.54) is 0 Å². The van der Waals surface area contributed by atoms with Crippen LogP contribution in [0.2, 0.25) is 0 Å². The SMILES string of the molecule is CCN(C(=O)c1cccc(C)c1I)c1ccc(N)cc1. The van der Waals surface area contributed by atoms with Crippen molar-refractivity contribution < 1.29 is 4.79 Å². The fraction of sp³-hybridized carbons (Fsp3) is 0.188. The van der Waals surface area contributed by atoms with Gasteiger partial charge in [0.25, 0.3) is 5.91 Å². The summed E-state index contributed by atoms with van der Waals surface area (Å²) in [6, 6.07) is 13.2. The number of rotatable bonds is 3. The molecule has 1 amide bonds. The second-order valence-corrected chi connectivity index (χ2v) is 5.66. The largest absolute Gasteiger partial charge is 0.399 e. The topological polar surface area (TPSA) is 46.3 Å². The van der Waals surface area contributed by atoms with Gasteiger partial charge in [0.1, 0.15) is 0 Å². The van der Waals surface area contributed by atoms with Gasteiger partial charge >= 0.3 is 0 Å². The zero-order chi connectivity index (χ0) is 14.7. The van der Waals surface area contributed by atoms with E-state index >= 15 is 0 Å². The Kier molecular flexibility index (Phi) is 4.65. The normalized spacial score (nSPS) is 10.3. The number of hydrogen-bond donors (Lipinski definition) is 1. The Morgan fingerprint density at radius 3 is 2.45 bits per heavy atom. The summed E-state index contributed by atoms with van der Waals surface area (Å²) >= 11 is 2.23. The Morgan fingerprint density at radius 1 is 1.20 bits per heavy atom. The molecule has 0 unspecified atom stereocenters. The van der Waals surface area contributed by atoms with Gasteiger partial charge in [-0.1, -0.05) is 12.1 Å². The summed E-state index contributed by atoms with van der Waals surface area (Å²) in [5.74, 6) is 0.0189. The van der Waals surface area contributed by atoms with Crippen molar-refractivity contribution in [2.24, 2.45) is 0 Å². The molecule has 0 spiro atoms. The third-order valence-electron chi connectivity index (χ3n) is 3.19. The van der Waals surface area contributed by atoms with E-state index in [1.54, 1.807) is 4.90 Å². The van der Waals surface area contributed by atoms with Crippen molar-refractivity contribution in [1.29, 1.82) is 0 Å². The van der Waals surface area contributed by atoms with Gasteiger partial charge in [0, 0.05) is 21.5 Å². The molecule has 20 heavy (non-hydrogen) atoms. The molecule has 0 saturated heterocycles. The summed E-state index contributed by atoms with van der Waals surface area (Å²) in [6.07, 6.45) is 0. The molecule has 0 aliphatic rings. The first-order chi connectivity index (χ1) is 9.54. The number of aryl methyl sites for hydroxylation is 1. The van der Waals surface area contributed by atoms with Crippen molar-refractivity contribution in [2.75, 3.05) is 17.2 Å². The lowest BCUT2D eigenvalue weighted by atomic mass is 10.1. The molecule has 2 aromatic carbocycles. The van der Waals surface area contributed by atoms with Gasteiger partial charge in [-0.2, -0.15) is 0 Å². The summed E-state index contributed by atoms with van der Waals surface area (Å²) in [7, 11) is 0. The number of carbonyl (C=O) groups excluding carboxylic acids is 1. The second kappa shape index (κ2) is 6.26. The molecule has 0 saturated carbocycles. The molecule has 2 rings (SSSR count). The number of nitrogen functional groups attached to an aromatic ring is 1. The molecule has 4 heteroatoms. The van der Waals surface area contributed by atoms with Gasteiger partial charge in [-0.3, -0.25) is 4.79 Å². The minimum Gasteiger partial charge on any atom is -0.399 e. The van der Waals surface area contributed by atoms with E-state index in [1.807, 2.05) is 56.3 Å². The molecule has 2 N–H and O–H groups in total. The molecule has 0 fully saturated rings. The number of nitrogens with zero attached hydrogens (tertiary/aromatic N) is 1. The Morgan fingerprint density at radius 2 is 1.85 bits per heavy atom. The van der Waals surface area contributed by atoms with E-state index in [4.69, 9.17) is 5.73 Å². The Bertz CT molecular complexity index is 623. The van der Waals surface area contributed by atoms with E-state index in [-0.39, 0.29) is 5.91 Å². The smallest absolute Gasteiger partial charge is 0.259 e. The van der Waals surface area contributed by atoms with Crippen molar-refractivity contribution >= 4 is 39.9 Å². The van der Waals surface area contributed by atoms with Crippen LogP contribution >= 0.6 is 22.6 Å². The van der Waals surface area contributed by atoms with Crippen LogP contribution < -0.4 is 10.6 Å². The van der Waals surface area contributed by atoms with Crippen LogP contribution in [0.4, 0.5) is 11.4 Å². The number of halogens is 1. The zero-order valence-electron chi connectivity index (χ0n) is 11.6. The lowest BCUT2D eigenvalue weighted by Crippen LogP contribution is -2.31. The summed E-state index contributed by atoms with van der Waals surface area (Å²) in [5, 5.41) is 0. The van der Waals surface area contributed by atoms with Crippen molar-refractivity contribution in [3.63, 3.8) is 0 Å². The van der Waals surface area contributed by atoms with Crippen molar-refractivity contribution in [3.05, 3.63) is 57.2 Å². The van der Waals surface area contributed by atoms with Gasteiger partial charge in [-0.15, -0.1) is 0 Å². The molecule has 104 valence electrons. The third kappa shape index (κ3) is 2.95. The van der Waals surface area contributed by atoms with Crippen molar-refractivity contribution in [2.45, 2.75) is 13.8 Å². The van der Waals surface area contributed by atoms with Crippen molar-refractivity contribution in [3.8, 4) is 0 Å². The first-order valence-corrected chi connectivity index (χ1v) is 7.55. The van der Waals surface area contributed by atoms with Crippen LogP contribution in [-0.4, -0.2) is 12.5 Å². The minimum absolute atomic E-state index is 0.0189. The van der Waals surface area contributed by atoms with E-state index in [0.29, 0.717) is 12.2 Å². The van der Waals surface area contributed by atoms with Crippen LogP contribution in [0.15, 0.2) is 42.5 Å². The highest BCUT2D eigenvalue weighted by Gasteiger charge is 2.18. The number of nitrogens with two attached hydrogens (primary N) is 1. The van der Waals surface area contributed by atoms with Gasteiger partial charge in [-0.25, -0.2) is 0 Å². The maximum atomic E-state index is 12.7. The standard InChI is InChI=1S/C16H17IN2O/c1-3-19(13-9-7-12(18)8-10-13)16(20)14-6-4-5-11(2)15(14)17/h4-10H,3,18H2,1-2H3.